The molecule has 0 saturated carbocycles. The SMILES string of the molecule is COC(=O)[C@H](Cc1ccc(N2CC(c3ccc4c(n3)NCCC4)C2)cc1)NC(=O)c1c(Cl)cccc1Cl. The van der Waals surface area contributed by atoms with Gasteiger partial charge in [0.15, 0.2) is 0 Å². The van der Waals surface area contributed by atoms with Crippen LogP contribution in [0.2, 0.25) is 10.0 Å². The molecule has 7 nitrogen and oxygen atoms in total. The topological polar surface area (TPSA) is 83.6 Å². The number of hydrogen-bond acceptors (Lipinski definition) is 6. The van der Waals surface area contributed by atoms with Gasteiger partial charge in [-0.05, 0) is 54.3 Å². The Labute approximate surface area is 226 Å². The summed E-state index contributed by atoms with van der Waals surface area (Å²) in [6, 6.07) is 16.3. The predicted molar refractivity (Wildman–Crippen MR) is 146 cm³/mol. The van der Waals surface area contributed by atoms with Crippen LogP contribution in [0, 0.1) is 0 Å². The zero-order valence-corrected chi connectivity index (χ0v) is 22.0. The molecule has 0 unspecified atom stereocenters. The third-order valence-corrected chi connectivity index (χ3v) is 7.57. The maximum Gasteiger partial charge on any atom is 0.328 e. The van der Waals surface area contributed by atoms with Crippen LogP contribution in [0.25, 0.3) is 0 Å². The van der Waals surface area contributed by atoms with E-state index in [2.05, 4.69) is 27.7 Å². The molecule has 1 atom stereocenters. The van der Waals surface area contributed by atoms with Gasteiger partial charge in [-0.2, -0.15) is 0 Å². The second-order valence-corrected chi connectivity index (χ2v) is 10.2. The van der Waals surface area contributed by atoms with Crippen molar-refractivity contribution in [3.63, 3.8) is 0 Å². The maximum atomic E-state index is 12.8. The van der Waals surface area contributed by atoms with E-state index in [0.29, 0.717) is 5.92 Å². The van der Waals surface area contributed by atoms with Crippen molar-refractivity contribution in [2.45, 2.75) is 31.2 Å². The molecule has 0 aliphatic carbocycles. The molecule has 37 heavy (non-hydrogen) atoms. The fourth-order valence-corrected chi connectivity index (χ4v) is 5.38. The predicted octanol–water partition coefficient (Wildman–Crippen LogP) is 4.86. The summed E-state index contributed by atoms with van der Waals surface area (Å²) < 4.78 is 4.92. The number of aromatic nitrogens is 1. The van der Waals surface area contributed by atoms with Crippen LogP contribution in [0.1, 0.15) is 39.5 Å². The van der Waals surface area contributed by atoms with Gasteiger partial charge < -0.3 is 20.3 Å². The lowest BCUT2D eigenvalue weighted by Crippen LogP contribution is -2.45. The van der Waals surface area contributed by atoms with Gasteiger partial charge >= 0.3 is 5.97 Å². The molecule has 3 aromatic rings. The lowest BCUT2D eigenvalue weighted by Gasteiger charge is -2.41. The summed E-state index contributed by atoms with van der Waals surface area (Å²) in [6.45, 7) is 2.80. The van der Waals surface area contributed by atoms with E-state index < -0.39 is 17.9 Å². The van der Waals surface area contributed by atoms with Crippen molar-refractivity contribution in [2.75, 3.05) is 37.0 Å². The first-order valence-electron chi connectivity index (χ1n) is 12.3. The highest BCUT2D eigenvalue weighted by molar-refractivity contribution is 6.39. The third kappa shape index (κ3) is 5.53. The highest BCUT2D eigenvalue weighted by Gasteiger charge is 2.30. The largest absolute Gasteiger partial charge is 0.467 e. The summed E-state index contributed by atoms with van der Waals surface area (Å²) in [7, 11) is 1.29. The molecule has 2 aliphatic rings. The minimum Gasteiger partial charge on any atom is -0.467 e. The van der Waals surface area contributed by atoms with Crippen molar-refractivity contribution in [1.29, 1.82) is 0 Å². The number of hydrogen-bond donors (Lipinski definition) is 2. The van der Waals surface area contributed by atoms with Crippen molar-refractivity contribution in [3.05, 3.63) is 87.0 Å². The molecule has 0 radical (unpaired) electrons. The average molecular weight is 539 g/mol. The van der Waals surface area contributed by atoms with Gasteiger partial charge in [0.2, 0.25) is 0 Å². The maximum absolute atomic E-state index is 12.8. The van der Waals surface area contributed by atoms with Crippen molar-refractivity contribution < 1.29 is 14.3 Å². The number of aryl methyl sites for hydroxylation is 1. The number of ether oxygens (including phenoxy) is 1. The number of nitrogens with zero attached hydrogens (tertiary/aromatic N) is 2. The van der Waals surface area contributed by atoms with E-state index in [0.717, 1.165) is 55.2 Å². The summed E-state index contributed by atoms with van der Waals surface area (Å²) >= 11 is 12.3. The van der Waals surface area contributed by atoms with E-state index in [4.69, 9.17) is 32.9 Å². The normalized spacial score (nSPS) is 15.7. The number of esters is 1. The minimum atomic E-state index is -0.882. The second kappa shape index (κ2) is 11.0. The molecule has 192 valence electrons. The van der Waals surface area contributed by atoms with Crippen LogP contribution in [-0.4, -0.2) is 49.6 Å². The monoisotopic (exact) mass is 538 g/mol. The van der Waals surface area contributed by atoms with Gasteiger partial charge in [-0.3, -0.25) is 4.79 Å². The van der Waals surface area contributed by atoms with Crippen molar-refractivity contribution in [2.24, 2.45) is 0 Å². The van der Waals surface area contributed by atoms with Crippen LogP contribution in [0.15, 0.2) is 54.6 Å². The molecule has 2 N–H and O–H groups in total. The number of pyridine rings is 1. The number of halogens is 2. The number of benzene rings is 2. The van der Waals surface area contributed by atoms with E-state index in [1.54, 1.807) is 18.2 Å². The number of carbonyl (C=O) groups excluding carboxylic acids is 2. The highest BCUT2D eigenvalue weighted by Crippen LogP contribution is 2.33. The Balaban J connectivity index is 1.21. The molecular formula is C28H28Cl2N4O3. The van der Waals surface area contributed by atoms with Crippen LogP contribution in [0.3, 0.4) is 0 Å². The molecule has 1 saturated heterocycles. The number of nitrogens with one attached hydrogen (secondary N) is 2. The van der Waals surface area contributed by atoms with Crippen LogP contribution in [0.4, 0.5) is 11.5 Å². The van der Waals surface area contributed by atoms with Crippen molar-refractivity contribution >= 4 is 46.6 Å². The first-order valence-corrected chi connectivity index (χ1v) is 13.1. The van der Waals surface area contributed by atoms with Gasteiger partial charge in [-0.1, -0.05) is 47.5 Å². The summed E-state index contributed by atoms with van der Waals surface area (Å²) in [4.78, 5) is 32.4. The van der Waals surface area contributed by atoms with E-state index in [1.165, 1.54) is 12.7 Å². The van der Waals surface area contributed by atoms with E-state index in [9.17, 15) is 9.59 Å². The fraction of sp³-hybridized carbons (Fsp3) is 0.321. The van der Waals surface area contributed by atoms with E-state index >= 15 is 0 Å². The molecule has 2 aliphatic heterocycles. The molecule has 1 fully saturated rings. The Kier molecular flexibility index (Phi) is 7.53. The summed E-state index contributed by atoms with van der Waals surface area (Å²) in [6.07, 6.45) is 2.52. The number of rotatable bonds is 7. The van der Waals surface area contributed by atoms with Crippen molar-refractivity contribution in [1.82, 2.24) is 10.3 Å². The summed E-state index contributed by atoms with van der Waals surface area (Å²) in [5.41, 5.74) is 4.57. The molecule has 1 aromatic heterocycles. The van der Waals surface area contributed by atoms with E-state index in [1.807, 2.05) is 24.3 Å². The zero-order chi connectivity index (χ0) is 25.9. The first kappa shape index (κ1) is 25.4. The lowest BCUT2D eigenvalue weighted by atomic mass is 9.93. The van der Waals surface area contributed by atoms with Gasteiger partial charge in [0, 0.05) is 43.4 Å². The van der Waals surface area contributed by atoms with Gasteiger partial charge in [-0.15, -0.1) is 0 Å². The quantitative estimate of drug-likeness (QED) is 0.418. The Morgan fingerprint density at radius 2 is 1.84 bits per heavy atom. The Hall–Kier alpha value is -3.29. The Morgan fingerprint density at radius 1 is 1.11 bits per heavy atom. The van der Waals surface area contributed by atoms with Crippen LogP contribution in [-0.2, 0) is 22.4 Å². The first-order chi connectivity index (χ1) is 17.9. The van der Waals surface area contributed by atoms with Gasteiger partial charge in [0.1, 0.15) is 11.9 Å². The zero-order valence-electron chi connectivity index (χ0n) is 20.5. The third-order valence-electron chi connectivity index (χ3n) is 6.94. The Morgan fingerprint density at radius 3 is 2.54 bits per heavy atom. The molecular weight excluding hydrogens is 511 g/mol. The van der Waals surface area contributed by atoms with Crippen LogP contribution < -0.4 is 15.5 Å². The number of amides is 1. The summed E-state index contributed by atoms with van der Waals surface area (Å²) in [5, 5.41) is 6.56. The van der Waals surface area contributed by atoms with Crippen LogP contribution in [0.5, 0.6) is 0 Å². The summed E-state index contributed by atoms with van der Waals surface area (Å²) in [5.74, 6) is 0.373. The van der Waals surface area contributed by atoms with Crippen LogP contribution >= 0.6 is 23.2 Å². The lowest BCUT2D eigenvalue weighted by molar-refractivity contribution is -0.142. The molecule has 0 bridgehead atoms. The van der Waals surface area contributed by atoms with Gasteiger partial charge in [0.25, 0.3) is 5.91 Å². The van der Waals surface area contributed by atoms with Crippen molar-refractivity contribution in [3.8, 4) is 0 Å². The fourth-order valence-electron chi connectivity index (χ4n) is 4.81. The number of fused-ring (bicyclic) bond motifs is 1. The molecule has 9 heteroatoms. The number of carbonyl (C=O) groups is 2. The molecule has 2 aromatic carbocycles. The molecule has 3 heterocycles. The minimum absolute atomic E-state index is 0.131. The number of methoxy groups -OCH3 is 1. The highest BCUT2D eigenvalue weighted by atomic mass is 35.5. The van der Waals surface area contributed by atoms with Gasteiger partial charge in [0.05, 0.1) is 22.7 Å². The molecule has 0 spiro atoms. The second-order valence-electron chi connectivity index (χ2n) is 9.39. The molecule has 1 amide bonds. The van der Waals surface area contributed by atoms with Gasteiger partial charge in [-0.25, -0.2) is 9.78 Å². The smallest absolute Gasteiger partial charge is 0.328 e. The molecule has 5 rings (SSSR count). The average Bonchev–Trinajstić information content (AvgIpc) is 2.87. The number of anilines is 2. The van der Waals surface area contributed by atoms with E-state index in [-0.39, 0.29) is 22.0 Å². The Bertz CT molecular complexity index is 1290. The standard InChI is InChI=1S/C28H28Cl2N4O3/c1-37-28(36)24(33-27(35)25-21(29)5-2-6-22(25)30)14-17-7-10-20(11-8-17)34-15-19(16-34)23-12-9-18-4-3-13-31-26(18)32-23/h2,5-12,19,24H,3-4,13-16H2,1H3,(H,31,32)(H,33,35)/t24-/m0/s1.